The molecule has 21 heavy (non-hydrogen) atoms. The van der Waals surface area contributed by atoms with Gasteiger partial charge in [-0.3, -0.25) is 0 Å². The van der Waals surface area contributed by atoms with E-state index in [4.69, 9.17) is 9.47 Å². The molecule has 2 N–H and O–H groups in total. The predicted molar refractivity (Wildman–Crippen MR) is 86.5 cm³/mol. The van der Waals surface area contributed by atoms with Gasteiger partial charge >= 0.3 is 0 Å². The Morgan fingerprint density at radius 2 is 2.10 bits per heavy atom. The molecule has 4 heteroatoms. The van der Waals surface area contributed by atoms with Crippen molar-refractivity contribution in [3.05, 3.63) is 29.8 Å². The van der Waals surface area contributed by atoms with Crippen molar-refractivity contribution in [3.63, 3.8) is 0 Å². The zero-order chi connectivity index (χ0) is 15.5. The first-order valence-electron chi connectivity index (χ1n) is 7.69. The molecule has 1 unspecified atom stereocenters. The molecule has 1 aromatic rings. The van der Waals surface area contributed by atoms with Gasteiger partial charge in [0, 0.05) is 25.9 Å². The molecule has 0 spiro atoms. The summed E-state index contributed by atoms with van der Waals surface area (Å²) in [6.07, 6.45) is 1.73. The third-order valence-electron chi connectivity index (χ3n) is 3.16. The lowest BCUT2D eigenvalue weighted by Gasteiger charge is -2.14. The smallest absolute Gasteiger partial charge is 0.0945 e. The fraction of sp³-hybridized carbons (Fsp3) is 0.647. The van der Waals surface area contributed by atoms with Crippen LogP contribution in [0.25, 0.3) is 0 Å². The Labute approximate surface area is 128 Å². The molecular weight excluding hydrogens is 266 g/mol. The van der Waals surface area contributed by atoms with Crippen LogP contribution in [-0.2, 0) is 16.1 Å². The van der Waals surface area contributed by atoms with Crippen molar-refractivity contribution >= 4 is 5.69 Å². The zero-order valence-electron chi connectivity index (χ0n) is 13.5. The van der Waals surface area contributed by atoms with E-state index in [9.17, 15) is 5.11 Å². The molecule has 0 radical (unpaired) electrons. The Bertz CT molecular complexity index is 382. The second kappa shape index (κ2) is 10.6. The minimum Gasteiger partial charge on any atom is -0.389 e. The van der Waals surface area contributed by atoms with E-state index in [1.807, 2.05) is 24.3 Å². The molecule has 1 rings (SSSR count). The number of hydrogen-bond donors (Lipinski definition) is 2. The topological polar surface area (TPSA) is 50.7 Å². The first-order valence-corrected chi connectivity index (χ1v) is 7.69. The van der Waals surface area contributed by atoms with Crippen LogP contribution in [-0.4, -0.2) is 38.1 Å². The highest BCUT2D eigenvalue weighted by Crippen LogP contribution is 2.11. The summed E-state index contributed by atoms with van der Waals surface area (Å²) in [7, 11) is 1.68. The standard InChI is InChI=1S/C17H29NO3/c1-14(2)6-5-9-21-13-17(19)11-18-16-8-4-7-15(10-16)12-20-3/h4,7-8,10,14,17-19H,5-6,9,11-13H2,1-3H3. The number of nitrogens with one attached hydrogen (secondary N) is 1. The highest BCUT2D eigenvalue weighted by atomic mass is 16.5. The van der Waals surface area contributed by atoms with Crippen LogP contribution in [0.4, 0.5) is 5.69 Å². The van der Waals surface area contributed by atoms with E-state index >= 15 is 0 Å². The summed E-state index contributed by atoms with van der Waals surface area (Å²) in [5.41, 5.74) is 2.10. The number of ether oxygens (including phenoxy) is 2. The lowest BCUT2D eigenvalue weighted by Crippen LogP contribution is -2.25. The molecule has 0 aliphatic rings. The van der Waals surface area contributed by atoms with Crippen LogP contribution in [0.15, 0.2) is 24.3 Å². The van der Waals surface area contributed by atoms with E-state index in [2.05, 4.69) is 19.2 Å². The molecule has 0 aromatic heterocycles. The maximum Gasteiger partial charge on any atom is 0.0945 e. The van der Waals surface area contributed by atoms with Crippen LogP contribution in [0.3, 0.4) is 0 Å². The Morgan fingerprint density at radius 3 is 2.81 bits per heavy atom. The molecule has 4 nitrogen and oxygen atoms in total. The van der Waals surface area contributed by atoms with E-state index in [0.717, 1.165) is 24.3 Å². The number of aliphatic hydroxyl groups is 1. The van der Waals surface area contributed by atoms with E-state index in [-0.39, 0.29) is 0 Å². The Kier molecular flexibility index (Phi) is 9.06. The van der Waals surface area contributed by atoms with Gasteiger partial charge in [0.25, 0.3) is 0 Å². The quantitative estimate of drug-likeness (QED) is 0.616. The minimum atomic E-state index is -0.491. The number of anilines is 1. The van der Waals surface area contributed by atoms with Crippen molar-refractivity contribution in [1.29, 1.82) is 0 Å². The van der Waals surface area contributed by atoms with Crippen molar-refractivity contribution in [1.82, 2.24) is 0 Å². The summed E-state index contributed by atoms with van der Waals surface area (Å²) in [6.45, 7) is 6.59. The van der Waals surface area contributed by atoms with Crippen molar-refractivity contribution < 1.29 is 14.6 Å². The van der Waals surface area contributed by atoms with Crippen LogP contribution in [0.2, 0.25) is 0 Å². The van der Waals surface area contributed by atoms with Gasteiger partial charge in [-0.2, -0.15) is 0 Å². The van der Waals surface area contributed by atoms with Crippen molar-refractivity contribution in [2.24, 2.45) is 5.92 Å². The zero-order valence-corrected chi connectivity index (χ0v) is 13.5. The molecule has 0 amide bonds. The number of rotatable bonds is 11. The lowest BCUT2D eigenvalue weighted by atomic mass is 10.1. The van der Waals surface area contributed by atoms with Gasteiger partial charge in [-0.15, -0.1) is 0 Å². The second-order valence-corrected chi connectivity index (χ2v) is 5.78. The van der Waals surface area contributed by atoms with Gasteiger partial charge in [0.2, 0.25) is 0 Å². The number of methoxy groups -OCH3 is 1. The number of benzene rings is 1. The summed E-state index contributed by atoms with van der Waals surface area (Å²) in [5, 5.41) is 13.1. The first-order chi connectivity index (χ1) is 10.1. The molecule has 120 valence electrons. The Hall–Kier alpha value is -1.10. The van der Waals surface area contributed by atoms with Crippen molar-refractivity contribution in [2.75, 3.05) is 32.2 Å². The summed E-state index contributed by atoms with van der Waals surface area (Å²) in [6, 6.07) is 8.00. The van der Waals surface area contributed by atoms with Crippen molar-refractivity contribution in [2.45, 2.75) is 39.4 Å². The summed E-state index contributed by atoms with van der Waals surface area (Å²) in [4.78, 5) is 0. The van der Waals surface area contributed by atoms with Gasteiger partial charge in [0.05, 0.1) is 19.3 Å². The van der Waals surface area contributed by atoms with Crippen LogP contribution in [0.1, 0.15) is 32.3 Å². The van der Waals surface area contributed by atoms with E-state index in [1.54, 1.807) is 7.11 Å². The van der Waals surface area contributed by atoms with Gasteiger partial charge in [0.15, 0.2) is 0 Å². The van der Waals surface area contributed by atoms with Gasteiger partial charge < -0.3 is 19.9 Å². The first kappa shape index (κ1) is 18.0. The summed E-state index contributed by atoms with van der Waals surface area (Å²) >= 11 is 0. The fourth-order valence-corrected chi connectivity index (χ4v) is 2.05. The average molecular weight is 295 g/mol. The number of hydrogen-bond acceptors (Lipinski definition) is 4. The van der Waals surface area contributed by atoms with Crippen LogP contribution >= 0.6 is 0 Å². The van der Waals surface area contributed by atoms with E-state index in [1.165, 1.54) is 6.42 Å². The lowest BCUT2D eigenvalue weighted by molar-refractivity contribution is 0.0409. The maximum absolute atomic E-state index is 9.88. The average Bonchev–Trinajstić information content (AvgIpc) is 2.45. The monoisotopic (exact) mass is 295 g/mol. The molecule has 0 bridgehead atoms. The highest BCUT2D eigenvalue weighted by Gasteiger charge is 2.05. The predicted octanol–water partition coefficient (Wildman–Crippen LogP) is 3.06. The molecule has 0 saturated carbocycles. The Balaban J connectivity index is 2.17. The molecule has 0 saturated heterocycles. The SMILES string of the molecule is COCc1cccc(NCC(O)COCCCC(C)C)c1. The minimum absolute atomic E-state index is 0.378. The molecule has 0 aliphatic carbocycles. The summed E-state index contributed by atoms with van der Waals surface area (Å²) < 4.78 is 10.6. The molecular formula is C17H29NO3. The molecule has 0 heterocycles. The second-order valence-electron chi connectivity index (χ2n) is 5.78. The van der Waals surface area contributed by atoms with E-state index in [0.29, 0.717) is 25.7 Å². The third-order valence-corrected chi connectivity index (χ3v) is 3.16. The number of aliphatic hydroxyl groups excluding tert-OH is 1. The summed E-state index contributed by atoms with van der Waals surface area (Å²) in [5.74, 6) is 0.708. The molecule has 0 aliphatic heterocycles. The van der Waals surface area contributed by atoms with Gasteiger partial charge in [-0.25, -0.2) is 0 Å². The van der Waals surface area contributed by atoms with Gasteiger partial charge in [0.1, 0.15) is 0 Å². The largest absolute Gasteiger partial charge is 0.389 e. The van der Waals surface area contributed by atoms with Crippen LogP contribution in [0, 0.1) is 5.92 Å². The van der Waals surface area contributed by atoms with Crippen LogP contribution in [0.5, 0.6) is 0 Å². The van der Waals surface area contributed by atoms with E-state index < -0.39 is 6.10 Å². The molecule has 1 atom stereocenters. The fourth-order valence-electron chi connectivity index (χ4n) is 2.05. The molecule has 1 aromatic carbocycles. The Morgan fingerprint density at radius 1 is 1.29 bits per heavy atom. The highest BCUT2D eigenvalue weighted by molar-refractivity contribution is 5.45. The maximum atomic E-state index is 9.88. The molecule has 0 fully saturated rings. The third kappa shape index (κ3) is 8.71. The van der Waals surface area contributed by atoms with Crippen LogP contribution < -0.4 is 5.32 Å². The van der Waals surface area contributed by atoms with Gasteiger partial charge in [-0.05, 0) is 36.5 Å². The van der Waals surface area contributed by atoms with Gasteiger partial charge in [-0.1, -0.05) is 26.0 Å². The van der Waals surface area contributed by atoms with Crippen molar-refractivity contribution in [3.8, 4) is 0 Å². The normalized spacial score (nSPS) is 12.6.